The number of imidazole rings is 2. The summed E-state index contributed by atoms with van der Waals surface area (Å²) < 4.78 is 11.0. The second-order valence-electron chi connectivity index (χ2n) is 12.4. The molecule has 0 N–H and O–H groups in total. The molecule has 50 heavy (non-hydrogen) atoms. The smallest absolute Gasteiger partial charge is 0.497 e. The fourth-order valence-electron chi connectivity index (χ4n) is 7.20. The summed E-state index contributed by atoms with van der Waals surface area (Å²) >= 11 is 0. The van der Waals surface area contributed by atoms with Gasteiger partial charge in [-0.2, -0.15) is 0 Å². The van der Waals surface area contributed by atoms with Crippen LogP contribution in [0, 0.1) is 26.0 Å². The third-order valence-electron chi connectivity index (χ3n) is 9.54. The van der Waals surface area contributed by atoms with Crippen LogP contribution in [0.3, 0.4) is 0 Å². The van der Waals surface area contributed by atoms with Crippen molar-refractivity contribution in [2.24, 2.45) is 0 Å². The van der Waals surface area contributed by atoms with Crippen molar-refractivity contribution in [3.63, 3.8) is 0 Å². The first kappa shape index (κ1) is 30.2. The average Bonchev–Trinajstić information content (AvgIpc) is 3.71. The second kappa shape index (κ2) is 11.6. The Bertz CT molecular complexity index is 2930. The van der Waals surface area contributed by atoms with E-state index in [0.717, 1.165) is 88.7 Å². The SMILES string of the molecule is Cc1nc2c3[c-]c(Oc4[c-]c5c(cc4)c4ccccc4n4c(-c6ccccc6)c(-c6ccccc6)nc54)ccc3c3ncccc3n2c1C.[Pt+2]. The zero-order valence-electron chi connectivity index (χ0n) is 27.1. The van der Waals surface area contributed by atoms with Crippen LogP contribution in [0.25, 0.3) is 77.3 Å². The van der Waals surface area contributed by atoms with E-state index in [1.54, 1.807) is 0 Å². The first-order chi connectivity index (χ1) is 24.1. The number of ether oxygens (including phenoxy) is 1. The Hall–Kier alpha value is -5.84. The molecule has 240 valence electrons. The standard InChI is InChI=1S/C43H27N5O.Pt/c1-26-27(2)47-38-18-11-23-44-40(38)34-22-20-31(25-36(34)42(47)45-26)49-30-19-21-32-33-16-9-10-17-37(33)48-41(29-14-7-4-8-15-29)39(28-12-5-3-6-13-28)46-43(48)35(32)24-30;/h3-23H,1-2H3;/q-2;+2. The molecule has 0 unspecified atom stereocenters. The molecule has 0 aliphatic rings. The molecule has 10 aromatic rings. The number of hydrogen-bond donors (Lipinski definition) is 0. The van der Waals surface area contributed by atoms with Gasteiger partial charge in [0.1, 0.15) is 0 Å². The van der Waals surface area contributed by atoms with Gasteiger partial charge in [-0.25, -0.2) is 0 Å². The molecule has 0 fully saturated rings. The first-order valence-corrected chi connectivity index (χ1v) is 16.3. The van der Waals surface area contributed by atoms with Crippen molar-refractivity contribution in [2.75, 3.05) is 0 Å². The average molecular weight is 825 g/mol. The zero-order valence-corrected chi connectivity index (χ0v) is 29.4. The molecule has 5 aromatic heterocycles. The van der Waals surface area contributed by atoms with Crippen molar-refractivity contribution in [1.82, 2.24) is 23.8 Å². The van der Waals surface area contributed by atoms with E-state index in [-0.39, 0.29) is 21.1 Å². The monoisotopic (exact) mass is 824 g/mol. The van der Waals surface area contributed by atoms with Crippen molar-refractivity contribution in [3.05, 3.63) is 151 Å². The van der Waals surface area contributed by atoms with Crippen molar-refractivity contribution in [2.45, 2.75) is 13.8 Å². The molecule has 0 atom stereocenters. The van der Waals surface area contributed by atoms with E-state index in [1.165, 1.54) is 0 Å². The van der Waals surface area contributed by atoms with Crippen molar-refractivity contribution < 1.29 is 25.8 Å². The van der Waals surface area contributed by atoms with E-state index in [2.05, 4.69) is 119 Å². The summed E-state index contributed by atoms with van der Waals surface area (Å²) in [5, 5.41) is 4.90. The van der Waals surface area contributed by atoms with Gasteiger partial charge in [0.15, 0.2) is 0 Å². The maximum absolute atomic E-state index is 6.55. The molecule has 7 heteroatoms. The molecule has 0 spiro atoms. The third kappa shape index (κ3) is 4.49. The minimum atomic E-state index is 0. The molecule has 10 rings (SSSR count). The van der Waals surface area contributed by atoms with Gasteiger partial charge >= 0.3 is 21.1 Å². The summed E-state index contributed by atoms with van der Waals surface area (Å²) in [6, 6.07) is 48.6. The van der Waals surface area contributed by atoms with Crippen LogP contribution in [0.5, 0.6) is 11.5 Å². The molecule has 0 saturated carbocycles. The van der Waals surface area contributed by atoms with Gasteiger partial charge in [0, 0.05) is 40.2 Å². The Morgan fingerprint density at radius 1 is 0.560 bits per heavy atom. The molecule has 0 saturated heterocycles. The number of benzene rings is 5. The molecule has 6 nitrogen and oxygen atoms in total. The maximum Gasteiger partial charge on any atom is 2.00 e. The Morgan fingerprint density at radius 2 is 1.18 bits per heavy atom. The number of rotatable bonds is 4. The van der Waals surface area contributed by atoms with Crippen molar-refractivity contribution in [1.29, 1.82) is 0 Å². The number of nitrogens with zero attached hydrogens (tertiary/aromatic N) is 5. The van der Waals surface area contributed by atoms with Gasteiger partial charge in [-0.15, -0.1) is 12.1 Å². The molecular weight excluding hydrogens is 798 g/mol. The van der Waals surface area contributed by atoms with E-state index >= 15 is 0 Å². The molecule has 0 aliphatic carbocycles. The number of fused-ring (bicyclic) bond motifs is 12. The largest absolute Gasteiger partial charge is 2.00 e. The molecule has 0 radical (unpaired) electrons. The number of hydrogen-bond acceptors (Lipinski definition) is 4. The van der Waals surface area contributed by atoms with Crippen molar-refractivity contribution in [3.8, 4) is 34.0 Å². The maximum atomic E-state index is 6.55. The number of aryl methyl sites for hydroxylation is 2. The Morgan fingerprint density at radius 3 is 1.94 bits per heavy atom. The number of aromatic nitrogens is 5. The van der Waals surface area contributed by atoms with Crippen LogP contribution in [0.2, 0.25) is 0 Å². The Labute approximate surface area is 301 Å². The van der Waals surface area contributed by atoms with Crippen molar-refractivity contribution >= 4 is 54.8 Å². The van der Waals surface area contributed by atoms with Crippen LogP contribution >= 0.6 is 0 Å². The quantitative estimate of drug-likeness (QED) is 0.131. The van der Waals surface area contributed by atoms with Gasteiger partial charge in [-0.1, -0.05) is 125 Å². The van der Waals surface area contributed by atoms with Crippen LogP contribution in [0.4, 0.5) is 0 Å². The number of pyridine rings is 3. The fourth-order valence-corrected chi connectivity index (χ4v) is 7.20. The van der Waals surface area contributed by atoms with E-state index in [4.69, 9.17) is 19.7 Å². The predicted molar refractivity (Wildman–Crippen MR) is 196 cm³/mol. The van der Waals surface area contributed by atoms with E-state index in [0.29, 0.717) is 11.5 Å². The molecule has 0 bridgehead atoms. The van der Waals surface area contributed by atoms with Gasteiger partial charge in [-0.05, 0) is 43.0 Å². The summed E-state index contributed by atoms with van der Waals surface area (Å²) in [6.07, 6.45) is 1.83. The minimum Gasteiger partial charge on any atom is -0.497 e. The Kier molecular flexibility index (Phi) is 7.04. The van der Waals surface area contributed by atoms with Gasteiger partial charge in [0.05, 0.1) is 33.7 Å². The van der Waals surface area contributed by atoms with Gasteiger partial charge in [0.25, 0.3) is 0 Å². The Balaban J connectivity index is 0.00000336. The molecular formula is C43H27N5OPt. The predicted octanol–water partition coefficient (Wildman–Crippen LogP) is 10.3. The second-order valence-corrected chi connectivity index (χ2v) is 12.4. The van der Waals surface area contributed by atoms with E-state index < -0.39 is 0 Å². The molecule has 0 amide bonds. The summed E-state index contributed by atoms with van der Waals surface area (Å²) in [4.78, 5) is 15.0. The molecule has 0 aliphatic heterocycles. The zero-order chi connectivity index (χ0) is 32.6. The number of para-hydroxylation sites is 1. The fraction of sp³-hybridized carbons (Fsp3) is 0.0465. The minimum absolute atomic E-state index is 0. The molecule has 5 aromatic carbocycles. The van der Waals surface area contributed by atoms with Crippen LogP contribution in [0.1, 0.15) is 11.4 Å². The van der Waals surface area contributed by atoms with Gasteiger partial charge in [-0.3, -0.25) is 15.0 Å². The van der Waals surface area contributed by atoms with Crippen LogP contribution in [0.15, 0.2) is 128 Å². The van der Waals surface area contributed by atoms with Gasteiger partial charge < -0.3 is 13.5 Å². The normalized spacial score (nSPS) is 11.6. The summed E-state index contributed by atoms with van der Waals surface area (Å²) in [5.41, 5.74) is 10.8. The van der Waals surface area contributed by atoms with Gasteiger partial charge in [0.2, 0.25) is 0 Å². The van der Waals surface area contributed by atoms with Crippen LogP contribution < -0.4 is 4.74 Å². The van der Waals surface area contributed by atoms with Crippen LogP contribution in [-0.4, -0.2) is 23.8 Å². The van der Waals surface area contributed by atoms with Crippen LogP contribution in [-0.2, 0) is 21.1 Å². The summed E-state index contributed by atoms with van der Waals surface area (Å²) in [5.74, 6) is 1.16. The summed E-state index contributed by atoms with van der Waals surface area (Å²) in [6.45, 7) is 4.12. The topological polar surface area (TPSA) is 56.7 Å². The van der Waals surface area contributed by atoms with E-state index in [1.807, 2.05) is 43.5 Å². The summed E-state index contributed by atoms with van der Waals surface area (Å²) in [7, 11) is 0. The third-order valence-corrected chi connectivity index (χ3v) is 9.54. The van der Waals surface area contributed by atoms with E-state index in [9.17, 15) is 0 Å². The first-order valence-electron chi connectivity index (χ1n) is 16.3. The molecule has 5 heterocycles.